The van der Waals surface area contributed by atoms with Gasteiger partial charge in [0.1, 0.15) is 6.04 Å². The van der Waals surface area contributed by atoms with E-state index in [0.29, 0.717) is 12.8 Å². The molecule has 0 aliphatic rings. The fourth-order valence-electron chi connectivity index (χ4n) is 1.84. The highest BCUT2D eigenvalue weighted by molar-refractivity contribution is 5.90. The number of carbonyl (C=O) groups excluding carboxylic acids is 3. The van der Waals surface area contributed by atoms with E-state index in [1.165, 1.54) is 14.0 Å². The summed E-state index contributed by atoms with van der Waals surface area (Å²) in [4.78, 5) is 34.6. The molecule has 22 heavy (non-hydrogen) atoms. The summed E-state index contributed by atoms with van der Waals surface area (Å²) in [7, 11) is 1.45. The fraction of sp³-hybridized carbons (Fsp3) is 0.438. The van der Waals surface area contributed by atoms with Gasteiger partial charge >= 0.3 is 0 Å². The van der Waals surface area contributed by atoms with Crippen LogP contribution < -0.4 is 10.6 Å². The Morgan fingerprint density at radius 2 is 1.82 bits per heavy atom. The van der Waals surface area contributed by atoms with E-state index in [9.17, 15) is 14.4 Å². The first-order chi connectivity index (χ1) is 10.5. The average Bonchev–Trinajstić information content (AvgIpc) is 2.51. The molecule has 0 spiro atoms. The number of ether oxygens (including phenoxy) is 1. The van der Waals surface area contributed by atoms with Crippen LogP contribution in [0.1, 0.15) is 18.9 Å². The van der Waals surface area contributed by atoms with Crippen LogP contribution in [0.25, 0.3) is 0 Å². The second-order valence-electron chi connectivity index (χ2n) is 4.95. The van der Waals surface area contributed by atoms with Gasteiger partial charge in [-0.3, -0.25) is 14.4 Å². The van der Waals surface area contributed by atoms with Crippen molar-refractivity contribution in [3.05, 3.63) is 35.9 Å². The zero-order valence-electron chi connectivity index (χ0n) is 12.9. The van der Waals surface area contributed by atoms with Crippen molar-refractivity contribution in [3.8, 4) is 0 Å². The Hall–Kier alpha value is -2.21. The van der Waals surface area contributed by atoms with E-state index in [4.69, 9.17) is 4.74 Å². The average molecular weight is 306 g/mol. The van der Waals surface area contributed by atoms with Crippen LogP contribution in [0, 0.1) is 0 Å². The van der Waals surface area contributed by atoms with E-state index < -0.39 is 11.9 Å². The molecule has 0 heterocycles. The minimum atomic E-state index is -0.682. The second kappa shape index (κ2) is 9.68. The molecule has 0 saturated heterocycles. The van der Waals surface area contributed by atoms with Crippen molar-refractivity contribution in [2.24, 2.45) is 0 Å². The van der Waals surface area contributed by atoms with Crippen molar-refractivity contribution in [1.29, 1.82) is 0 Å². The predicted octanol–water partition coefficient (Wildman–Crippen LogP) is 0.456. The quantitative estimate of drug-likeness (QED) is 0.694. The summed E-state index contributed by atoms with van der Waals surface area (Å²) in [5.41, 5.74) is 1.07. The molecule has 6 heteroatoms. The van der Waals surface area contributed by atoms with E-state index in [0.717, 1.165) is 5.56 Å². The smallest absolute Gasteiger partial charge is 0.240 e. The third-order valence-corrected chi connectivity index (χ3v) is 3.09. The molecule has 0 fully saturated rings. The van der Waals surface area contributed by atoms with E-state index in [1.54, 1.807) is 0 Å². The molecule has 0 radical (unpaired) electrons. The number of benzene rings is 1. The number of hydrogen-bond acceptors (Lipinski definition) is 4. The van der Waals surface area contributed by atoms with Crippen LogP contribution in [0.5, 0.6) is 0 Å². The third-order valence-electron chi connectivity index (χ3n) is 3.09. The summed E-state index contributed by atoms with van der Waals surface area (Å²) < 4.78 is 4.86. The largest absolute Gasteiger partial charge is 0.382 e. The molecule has 0 aromatic heterocycles. The molecule has 120 valence electrons. The maximum atomic E-state index is 11.7. The number of Topliss-reactive ketones (excluding diaryl/α,β-unsaturated/α-hetero) is 1. The third kappa shape index (κ3) is 6.99. The van der Waals surface area contributed by atoms with Crippen LogP contribution in [0.4, 0.5) is 0 Å². The Kier molecular flexibility index (Phi) is 7.85. The van der Waals surface area contributed by atoms with Crippen LogP contribution in [-0.4, -0.2) is 43.9 Å². The lowest BCUT2D eigenvalue weighted by Crippen LogP contribution is -2.47. The lowest BCUT2D eigenvalue weighted by atomic mass is 10.1. The first-order valence-electron chi connectivity index (χ1n) is 7.12. The van der Waals surface area contributed by atoms with E-state index in [2.05, 4.69) is 10.6 Å². The van der Waals surface area contributed by atoms with Gasteiger partial charge < -0.3 is 15.4 Å². The molecular weight excluding hydrogens is 284 g/mol. The normalized spacial score (nSPS) is 11.5. The Bertz CT molecular complexity index is 502. The summed E-state index contributed by atoms with van der Waals surface area (Å²) in [6, 6.07) is 8.96. The highest BCUT2D eigenvalue weighted by Gasteiger charge is 2.16. The molecule has 2 amide bonds. The summed E-state index contributed by atoms with van der Waals surface area (Å²) in [6.07, 6.45) is 0.930. The van der Waals surface area contributed by atoms with Gasteiger partial charge in [-0.25, -0.2) is 0 Å². The number of hydrogen-bond donors (Lipinski definition) is 2. The van der Waals surface area contributed by atoms with Gasteiger partial charge in [0.15, 0.2) is 5.78 Å². The molecule has 0 aliphatic heterocycles. The van der Waals surface area contributed by atoms with Crippen LogP contribution in [0.2, 0.25) is 0 Å². The van der Waals surface area contributed by atoms with E-state index >= 15 is 0 Å². The molecule has 0 bridgehead atoms. The van der Waals surface area contributed by atoms with Gasteiger partial charge in [-0.15, -0.1) is 0 Å². The van der Waals surface area contributed by atoms with Crippen molar-refractivity contribution in [2.75, 3.05) is 20.3 Å². The van der Waals surface area contributed by atoms with Crippen molar-refractivity contribution < 1.29 is 19.1 Å². The first kappa shape index (κ1) is 17.8. The lowest BCUT2D eigenvalue weighted by molar-refractivity contribution is -0.129. The summed E-state index contributed by atoms with van der Waals surface area (Å²) in [5.74, 6) is -0.805. The zero-order chi connectivity index (χ0) is 16.4. The Morgan fingerprint density at radius 1 is 1.14 bits per heavy atom. The summed E-state index contributed by atoms with van der Waals surface area (Å²) in [6.45, 7) is 1.34. The molecule has 1 aromatic rings. The molecule has 6 nitrogen and oxygen atoms in total. The van der Waals surface area contributed by atoms with Gasteiger partial charge in [0.25, 0.3) is 0 Å². The first-order valence-corrected chi connectivity index (χ1v) is 7.12. The lowest BCUT2D eigenvalue weighted by Gasteiger charge is -2.15. The van der Waals surface area contributed by atoms with Crippen LogP contribution in [0.15, 0.2) is 30.3 Å². The van der Waals surface area contributed by atoms with E-state index in [1.807, 2.05) is 30.3 Å². The van der Waals surface area contributed by atoms with Crippen LogP contribution >= 0.6 is 0 Å². The number of amides is 2. The fourth-order valence-corrected chi connectivity index (χ4v) is 1.84. The van der Waals surface area contributed by atoms with Gasteiger partial charge in [-0.1, -0.05) is 30.3 Å². The Morgan fingerprint density at radius 3 is 2.41 bits per heavy atom. The number of nitrogens with one attached hydrogen (secondary N) is 2. The minimum Gasteiger partial charge on any atom is -0.382 e. The molecule has 1 unspecified atom stereocenters. The highest BCUT2D eigenvalue weighted by atomic mass is 16.5. The molecule has 0 saturated carbocycles. The zero-order valence-corrected chi connectivity index (χ0v) is 12.9. The molecule has 1 aromatic carbocycles. The highest BCUT2D eigenvalue weighted by Crippen LogP contribution is 2.01. The second-order valence-corrected chi connectivity index (χ2v) is 4.95. The monoisotopic (exact) mass is 306 g/mol. The number of carbonyl (C=O) groups is 3. The topological polar surface area (TPSA) is 84.5 Å². The summed E-state index contributed by atoms with van der Waals surface area (Å²) in [5, 5.41) is 5.05. The van der Waals surface area contributed by atoms with Gasteiger partial charge in [-0.2, -0.15) is 0 Å². The molecular formula is C16H22N2O4. The molecule has 1 rings (SSSR count). The number of ketones is 1. The Labute approximate surface area is 130 Å². The predicted molar refractivity (Wildman–Crippen MR) is 82.3 cm³/mol. The van der Waals surface area contributed by atoms with Crippen molar-refractivity contribution >= 4 is 17.6 Å². The van der Waals surface area contributed by atoms with Gasteiger partial charge in [0, 0.05) is 13.5 Å². The maximum Gasteiger partial charge on any atom is 0.240 e. The van der Waals surface area contributed by atoms with Crippen molar-refractivity contribution in [3.63, 3.8) is 0 Å². The van der Waals surface area contributed by atoms with Gasteiger partial charge in [0.2, 0.25) is 11.8 Å². The number of aryl methyl sites for hydroxylation is 1. The van der Waals surface area contributed by atoms with Crippen LogP contribution in [-0.2, 0) is 25.5 Å². The van der Waals surface area contributed by atoms with Crippen molar-refractivity contribution in [2.45, 2.75) is 25.8 Å². The van der Waals surface area contributed by atoms with E-state index in [-0.39, 0.29) is 24.8 Å². The standard InChI is InChI=1S/C16H22N2O4/c1-12(19)14(11-22-2)18-16(21)10-17-15(20)9-8-13-6-4-3-5-7-13/h3-7,14H,8-11H2,1-2H3,(H,17,20)(H,18,21). The minimum absolute atomic E-state index is 0.114. The summed E-state index contributed by atoms with van der Waals surface area (Å²) >= 11 is 0. The number of methoxy groups -OCH3 is 1. The molecule has 1 atom stereocenters. The van der Waals surface area contributed by atoms with Gasteiger partial charge in [0.05, 0.1) is 13.2 Å². The molecule has 0 aliphatic carbocycles. The Balaban J connectivity index is 2.28. The molecule has 2 N–H and O–H groups in total. The number of rotatable bonds is 9. The van der Waals surface area contributed by atoms with Gasteiger partial charge in [-0.05, 0) is 18.9 Å². The SMILES string of the molecule is COCC(NC(=O)CNC(=O)CCc1ccccc1)C(C)=O. The maximum absolute atomic E-state index is 11.7. The van der Waals surface area contributed by atoms with Crippen molar-refractivity contribution in [1.82, 2.24) is 10.6 Å². The van der Waals surface area contributed by atoms with Crippen LogP contribution in [0.3, 0.4) is 0 Å².